The van der Waals surface area contributed by atoms with Crippen LogP contribution < -0.4 is 10.6 Å². The Hall–Kier alpha value is -2.89. The highest BCUT2D eigenvalue weighted by Gasteiger charge is 2.16. The minimum absolute atomic E-state index is 0.172. The van der Waals surface area contributed by atoms with E-state index in [1.807, 2.05) is 49.4 Å². The summed E-state index contributed by atoms with van der Waals surface area (Å²) in [5, 5.41) is 18.1. The summed E-state index contributed by atoms with van der Waals surface area (Å²) < 4.78 is 0. The molecule has 0 bridgehead atoms. The van der Waals surface area contributed by atoms with Gasteiger partial charge in [-0.1, -0.05) is 60.1 Å². The maximum Gasteiger partial charge on any atom is 0.313 e. The Morgan fingerprint density at radius 3 is 2.57 bits per heavy atom. The minimum Gasteiger partial charge on any atom is -0.388 e. The van der Waals surface area contributed by atoms with Crippen molar-refractivity contribution in [2.45, 2.75) is 19.4 Å². The molecule has 3 aromatic carbocycles. The van der Waals surface area contributed by atoms with Gasteiger partial charge in [0.05, 0.1) is 6.10 Å². The third-order valence-electron chi connectivity index (χ3n) is 4.52. The molecule has 0 aliphatic heterocycles. The molecular weight excluding hydrogens is 376 g/mol. The van der Waals surface area contributed by atoms with Gasteiger partial charge in [0.25, 0.3) is 0 Å². The first-order valence-corrected chi connectivity index (χ1v) is 9.34. The fourth-order valence-corrected chi connectivity index (χ4v) is 3.14. The van der Waals surface area contributed by atoms with Gasteiger partial charge in [0, 0.05) is 17.3 Å². The summed E-state index contributed by atoms with van der Waals surface area (Å²) >= 11 is 6.02. The Morgan fingerprint density at radius 1 is 1.04 bits per heavy atom. The highest BCUT2D eigenvalue weighted by molar-refractivity contribution is 6.39. The summed E-state index contributed by atoms with van der Waals surface area (Å²) in [6, 6.07) is 18.6. The van der Waals surface area contributed by atoms with Crippen LogP contribution in [0.25, 0.3) is 10.8 Å². The predicted octanol–water partition coefficient (Wildman–Crippen LogP) is 3.98. The topological polar surface area (TPSA) is 78.4 Å². The van der Waals surface area contributed by atoms with E-state index in [1.54, 1.807) is 18.2 Å². The number of carbonyl (C=O) groups excluding carboxylic acids is 2. The number of rotatable bonds is 5. The summed E-state index contributed by atoms with van der Waals surface area (Å²) in [6.07, 6.45) is -0.450. The Kier molecular flexibility index (Phi) is 6.29. The van der Waals surface area contributed by atoms with Gasteiger partial charge in [-0.3, -0.25) is 9.59 Å². The van der Waals surface area contributed by atoms with Crippen LogP contribution >= 0.6 is 11.6 Å². The van der Waals surface area contributed by atoms with Crippen molar-refractivity contribution in [3.63, 3.8) is 0 Å². The van der Waals surface area contributed by atoms with Crippen LogP contribution in [-0.4, -0.2) is 23.5 Å². The van der Waals surface area contributed by atoms with Crippen molar-refractivity contribution in [1.29, 1.82) is 0 Å². The molecule has 1 unspecified atom stereocenters. The number of aliphatic hydroxyl groups is 1. The Labute approximate surface area is 168 Å². The van der Waals surface area contributed by atoms with E-state index in [4.69, 9.17) is 11.6 Å². The van der Waals surface area contributed by atoms with Crippen molar-refractivity contribution in [2.24, 2.45) is 0 Å². The first-order valence-electron chi connectivity index (χ1n) is 8.97. The van der Waals surface area contributed by atoms with Gasteiger partial charge in [-0.05, 0) is 47.4 Å². The van der Waals surface area contributed by atoms with Gasteiger partial charge < -0.3 is 15.7 Å². The average molecular weight is 397 g/mol. The zero-order chi connectivity index (χ0) is 20.1. The Bertz CT molecular complexity index is 1010. The minimum atomic E-state index is -0.778. The molecule has 6 heteroatoms. The van der Waals surface area contributed by atoms with Crippen LogP contribution in [0.4, 0.5) is 5.69 Å². The fourth-order valence-electron chi connectivity index (χ4n) is 2.96. The lowest BCUT2D eigenvalue weighted by atomic mass is 9.99. The number of hydrogen-bond acceptors (Lipinski definition) is 3. The summed E-state index contributed by atoms with van der Waals surface area (Å²) in [7, 11) is 0. The average Bonchev–Trinajstić information content (AvgIpc) is 2.70. The third-order valence-corrected chi connectivity index (χ3v) is 4.93. The first kappa shape index (κ1) is 19.9. The van der Waals surface area contributed by atoms with Crippen molar-refractivity contribution >= 4 is 39.9 Å². The first-order chi connectivity index (χ1) is 13.5. The number of carbonyl (C=O) groups is 2. The quantitative estimate of drug-likeness (QED) is 0.571. The molecule has 0 aromatic heterocycles. The van der Waals surface area contributed by atoms with Crippen LogP contribution in [0.1, 0.15) is 23.7 Å². The van der Waals surface area contributed by atoms with Crippen LogP contribution in [0, 0.1) is 6.92 Å². The van der Waals surface area contributed by atoms with E-state index in [0.717, 1.165) is 21.9 Å². The van der Waals surface area contributed by atoms with Crippen LogP contribution in [-0.2, 0) is 9.59 Å². The van der Waals surface area contributed by atoms with Crippen molar-refractivity contribution in [3.05, 3.63) is 76.8 Å². The van der Waals surface area contributed by atoms with E-state index >= 15 is 0 Å². The monoisotopic (exact) mass is 396 g/mol. The van der Waals surface area contributed by atoms with Crippen molar-refractivity contribution in [3.8, 4) is 0 Å². The van der Waals surface area contributed by atoms with Crippen molar-refractivity contribution in [2.75, 3.05) is 11.9 Å². The standard InChI is InChI=1S/C22H21ClN2O3/c1-14-9-10-16(13-19(14)23)25-22(28)21(27)24-12-11-20(26)18-8-4-6-15-5-2-3-7-17(15)18/h2-10,13,20,26H,11-12H2,1H3,(H,24,27)(H,25,28). The Morgan fingerprint density at radius 2 is 1.79 bits per heavy atom. The molecule has 0 saturated carbocycles. The van der Waals surface area contributed by atoms with Crippen LogP contribution in [0.5, 0.6) is 0 Å². The van der Waals surface area contributed by atoms with E-state index in [0.29, 0.717) is 17.1 Å². The highest BCUT2D eigenvalue weighted by atomic mass is 35.5. The van der Waals surface area contributed by atoms with Gasteiger partial charge in [0.15, 0.2) is 0 Å². The van der Waals surface area contributed by atoms with Crippen molar-refractivity contribution < 1.29 is 14.7 Å². The molecule has 2 amide bonds. The summed E-state index contributed by atoms with van der Waals surface area (Å²) in [5.41, 5.74) is 2.13. The van der Waals surface area contributed by atoms with Crippen molar-refractivity contribution in [1.82, 2.24) is 5.32 Å². The second-order valence-corrected chi connectivity index (χ2v) is 6.95. The van der Waals surface area contributed by atoms with Crippen LogP contribution in [0.2, 0.25) is 5.02 Å². The Balaban J connectivity index is 1.54. The maximum absolute atomic E-state index is 12.0. The number of aryl methyl sites for hydroxylation is 1. The third kappa shape index (κ3) is 4.68. The number of aliphatic hydroxyl groups excluding tert-OH is 1. The van der Waals surface area contributed by atoms with Gasteiger partial charge in [-0.2, -0.15) is 0 Å². The second-order valence-electron chi connectivity index (χ2n) is 6.55. The number of benzene rings is 3. The second kappa shape index (κ2) is 8.87. The van der Waals surface area contributed by atoms with Gasteiger partial charge >= 0.3 is 11.8 Å². The molecule has 0 heterocycles. The summed E-state index contributed by atoms with van der Waals surface area (Å²) in [5.74, 6) is -1.54. The van der Waals surface area contributed by atoms with Crippen LogP contribution in [0.3, 0.4) is 0 Å². The van der Waals surface area contributed by atoms with Gasteiger partial charge in [0.1, 0.15) is 0 Å². The molecule has 5 nitrogen and oxygen atoms in total. The maximum atomic E-state index is 12.0. The molecule has 3 aromatic rings. The van der Waals surface area contributed by atoms with E-state index in [2.05, 4.69) is 10.6 Å². The van der Waals surface area contributed by atoms with Gasteiger partial charge in [0.2, 0.25) is 0 Å². The van der Waals surface area contributed by atoms with E-state index in [9.17, 15) is 14.7 Å². The molecular formula is C22H21ClN2O3. The van der Waals surface area contributed by atoms with Gasteiger partial charge in [-0.15, -0.1) is 0 Å². The fraction of sp³-hybridized carbons (Fsp3) is 0.182. The predicted molar refractivity (Wildman–Crippen MR) is 111 cm³/mol. The molecule has 0 saturated heterocycles. The number of nitrogens with one attached hydrogen (secondary N) is 2. The van der Waals surface area contributed by atoms with Gasteiger partial charge in [-0.25, -0.2) is 0 Å². The number of hydrogen-bond donors (Lipinski definition) is 3. The molecule has 0 aliphatic rings. The molecule has 0 radical (unpaired) electrons. The van der Waals surface area contributed by atoms with E-state index < -0.39 is 17.9 Å². The molecule has 0 spiro atoms. The molecule has 0 aliphatic carbocycles. The van der Waals surface area contributed by atoms with E-state index in [-0.39, 0.29) is 6.54 Å². The molecule has 28 heavy (non-hydrogen) atoms. The zero-order valence-electron chi connectivity index (χ0n) is 15.4. The molecule has 3 rings (SSSR count). The smallest absolute Gasteiger partial charge is 0.313 e. The largest absolute Gasteiger partial charge is 0.388 e. The van der Waals surface area contributed by atoms with E-state index in [1.165, 1.54) is 0 Å². The summed E-state index contributed by atoms with van der Waals surface area (Å²) in [6.45, 7) is 2.02. The highest BCUT2D eigenvalue weighted by Crippen LogP contribution is 2.25. The SMILES string of the molecule is Cc1ccc(NC(=O)C(=O)NCCC(O)c2cccc3ccccc23)cc1Cl. The molecule has 1 atom stereocenters. The zero-order valence-corrected chi connectivity index (χ0v) is 16.2. The molecule has 0 fully saturated rings. The number of halogens is 1. The number of amides is 2. The molecule has 3 N–H and O–H groups in total. The lowest BCUT2D eigenvalue weighted by Gasteiger charge is -2.14. The normalized spacial score (nSPS) is 11.8. The summed E-state index contributed by atoms with van der Waals surface area (Å²) in [4.78, 5) is 24.0. The lowest BCUT2D eigenvalue weighted by molar-refractivity contribution is -0.136. The van der Waals surface area contributed by atoms with Crippen LogP contribution in [0.15, 0.2) is 60.7 Å². The molecule has 144 valence electrons. The lowest BCUT2D eigenvalue weighted by Crippen LogP contribution is -2.36. The number of fused-ring (bicyclic) bond motifs is 1. The number of anilines is 1.